The fourth-order valence-electron chi connectivity index (χ4n) is 8.66. The molecule has 14 nitrogen and oxygen atoms in total. The Morgan fingerprint density at radius 1 is 0.950 bits per heavy atom. The van der Waals surface area contributed by atoms with Crippen LogP contribution in [-0.2, 0) is 38.8 Å². The molecule has 1 unspecified atom stereocenters. The standard InChI is InChI=1S/C44H42N8O6.C2H6/c1-26(30-5-3-7-32-34(30)23-52(44(32)57)37-10-11-39(54)48-43(37)56)12-15-45-42(55)35-9-8-29(21-46-35)36-20-28-4-2-6-31(33(28)22-47-36)40-38-24-50(25-53)16-17-51(38)41(49-40)27-13-18-58-19-14-27;1-2/h2-9,12,20-22,25,27,37H,10-11,13-19,23-24H2,1H3,(H,45,55)(H,48,54,56);1-2H3/b26-12+;. The van der Waals surface area contributed by atoms with Gasteiger partial charge in [0.05, 0.1) is 23.6 Å². The summed E-state index contributed by atoms with van der Waals surface area (Å²) in [5.74, 6) is 0.0449. The third-order valence-electron chi connectivity index (χ3n) is 11.8. The van der Waals surface area contributed by atoms with Crippen LogP contribution in [0.4, 0.5) is 0 Å². The molecule has 60 heavy (non-hydrogen) atoms. The van der Waals surface area contributed by atoms with Gasteiger partial charge in [-0.25, -0.2) is 4.98 Å². The van der Waals surface area contributed by atoms with Crippen LogP contribution in [0.2, 0.25) is 0 Å². The number of carbonyl (C=O) groups is 5. The van der Waals surface area contributed by atoms with Crippen molar-refractivity contribution in [1.82, 2.24) is 40.0 Å². The molecule has 14 heteroatoms. The van der Waals surface area contributed by atoms with Crippen molar-refractivity contribution in [2.75, 3.05) is 26.3 Å². The van der Waals surface area contributed by atoms with Crippen LogP contribution >= 0.6 is 0 Å². The van der Waals surface area contributed by atoms with Crippen LogP contribution in [-0.4, -0.2) is 91.7 Å². The number of amides is 5. The molecule has 308 valence electrons. The van der Waals surface area contributed by atoms with E-state index in [2.05, 4.69) is 26.3 Å². The third-order valence-corrected chi connectivity index (χ3v) is 11.8. The average Bonchev–Trinajstić information content (AvgIpc) is 3.84. The smallest absolute Gasteiger partial charge is 0.270 e. The summed E-state index contributed by atoms with van der Waals surface area (Å²) in [6.45, 7) is 9.74. The van der Waals surface area contributed by atoms with E-state index in [1.165, 1.54) is 4.90 Å². The van der Waals surface area contributed by atoms with Gasteiger partial charge in [-0.3, -0.25) is 39.3 Å². The van der Waals surface area contributed by atoms with Gasteiger partial charge in [0.2, 0.25) is 18.2 Å². The number of ether oxygens (including phenoxy) is 1. The maximum atomic E-state index is 13.3. The molecule has 0 saturated carbocycles. The summed E-state index contributed by atoms with van der Waals surface area (Å²) in [5.41, 5.74) is 7.73. The average molecular weight is 809 g/mol. The second kappa shape index (κ2) is 17.4. The normalized spacial score (nSPS) is 18.1. The highest BCUT2D eigenvalue weighted by atomic mass is 16.5. The minimum atomic E-state index is -0.690. The van der Waals surface area contributed by atoms with Crippen molar-refractivity contribution in [1.29, 1.82) is 0 Å². The Hall–Kier alpha value is -6.54. The summed E-state index contributed by atoms with van der Waals surface area (Å²) >= 11 is 0. The third kappa shape index (κ3) is 7.70. The topological polar surface area (TPSA) is 169 Å². The van der Waals surface area contributed by atoms with Crippen molar-refractivity contribution in [2.24, 2.45) is 0 Å². The van der Waals surface area contributed by atoms with Crippen LogP contribution in [0.15, 0.2) is 73.1 Å². The number of fused-ring (bicyclic) bond motifs is 3. The largest absolute Gasteiger partial charge is 0.381 e. The quantitative estimate of drug-likeness (QED) is 0.141. The van der Waals surface area contributed by atoms with Gasteiger partial charge in [0.25, 0.3) is 11.8 Å². The molecule has 2 fully saturated rings. The zero-order chi connectivity index (χ0) is 41.9. The number of benzene rings is 2. The lowest BCUT2D eigenvalue weighted by molar-refractivity contribution is -0.137. The summed E-state index contributed by atoms with van der Waals surface area (Å²) in [5, 5.41) is 7.20. The predicted octanol–water partition coefficient (Wildman–Crippen LogP) is 5.65. The lowest BCUT2D eigenvalue weighted by atomic mass is 9.97. The van der Waals surface area contributed by atoms with Crippen molar-refractivity contribution >= 4 is 46.4 Å². The first kappa shape index (κ1) is 40.2. The molecule has 7 heterocycles. The number of aromatic nitrogens is 4. The minimum absolute atomic E-state index is 0.193. The van der Waals surface area contributed by atoms with Crippen molar-refractivity contribution < 1.29 is 28.7 Å². The van der Waals surface area contributed by atoms with E-state index in [9.17, 15) is 24.0 Å². The molecule has 2 saturated heterocycles. The molecule has 2 aromatic carbocycles. The van der Waals surface area contributed by atoms with Gasteiger partial charge < -0.3 is 24.4 Å². The molecule has 0 aliphatic carbocycles. The van der Waals surface area contributed by atoms with E-state index in [0.29, 0.717) is 37.5 Å². The summed E-state index contributed by atoms with van der Waals surface area (Å²) in [6, 6.07) is 16.5. The summed E-state index contributed by atoms with van der Waals surface area (Å²) in [6.07, 6.45) is 8.65. The molecule has 9 rings (SSSR count). The number of pyridine rings is 2. The van der Waals surface area contributed by atoms with E-state index >= 15 is 0 Å². The van der Waals surface area contributed by atoms with Crippen LogP contribution in [0, 0.1) is 0 Å². The molecule has 2 N–H and O–H groups in total. The van der Waals surface area contributed by atoms with E-state index in [0.717, 1.165) is 94.0 Å². The number of allylic oxidation sites excluding steroid dienone is 1. The Bertz CT molecular complexity index is 2520. The first-order chi connectivity index (χ1) is 29.3. The van der Waals surface area contributed by atoms with Gasteiger partial charge in [-0.05, 0) is 72.5 Å². The van der Waals surface area contributed by atoms with Crippen LogP contribution in [0.5, 0.6) is 0 Å². The number of nitrogens with zero attached hydrogens (tertiary/aromatic N) is 6. The number of hydrogen-bond donors (Lipinski definition) is 2. The molecular formula is C46H48N8O6. The minimum Gasteiger partial charge on any atom is -0.381 e. The summed E-state index contributed by atoms with van der Waals surface area (Å²) in [7, 11) is 0. The number of carbonyl (C=O) groups excluding carboxylic acids is 5. The van der Waals surface area contributed by atoms with Crippen LogP contribution in [0.3, 0.4) is 0 Å². The highest BCUT2D eigenvalue weighted by Gasteiger charge is 2.40. The fourth-order valence-corrected chi connectivity index (χ4v) is 8.66. The fraction of sp³-hybridized carbons (Fsp3) is 0.348. The second-order valence-electron chi connectivity index (χ2n) is 15.2. The monoisotopic (exact) mass is 808 g/mol. The molecule has 5 aromatic rings. The lowest BCUT2D eigenvalue weighted by Gasteiger charge is -2.29. The number of rotatable bonds is 9. The maximum absolute atomic E-state index is 13.3. The van der Waals surface area contributed by atoms with E-state index in [1.807, 2.05) is 69.4 Å². The number of piperidine rings is 1. The first-order valence-corrected chi connectivity index (χ1v) is 20.7. The second-order valence-corrected chi connectivity index (χ2v) is 15.2. The van der Waals surface area contributed by atoms with Gasteiger partial charge in [-0.2, -0.15) is 0 Å². The zero-order valence-electron chi connectivity index (χ0n) is 34.1. The maximum Gasteiger partial charge on any atom is 0.270 e. The Balaban J connectivity index is 0.00000246. The molecule has 0 bridgehead atoms. The molecule has 0 radical (unpaired) electrons. The van der Waals surface area contributed by atoms with E-state index < -0.39 is 11.9 Å². The zero-order valence-corrected chi connectivity index (χ0v) is 34.1. The Kier molecular flexibility index (Phi) is 11.6. The Morgan fingerprint density at radius 3 is 2.52 bits per heavy atom. The lowest BCUT2D eigenvalue weighted by Crippen LogP contribution is -2.52. The molecular weight excluding hydrogens is 761 g/mol. The molecule has 0 spiro atoms. The van der Waals surface area contributed by atoms with Crippen LogP contribution in [0.1, 0.15) is 95.9 Å². The molecule has 4 aliphatic heterocycles. The summed E-state index contributed by atoms with van der Waals surface area (Å²) in [4.78, 5) is 80.2. The van der Waals surface area contributed by atoms with Gasteiger partial charge in [-0.1, -0.05) is 50.3 Å². The summed E-state index contributed by atoms with van der Waals surface area (Å²) < 4.78 is 7.95. The van der Waals surface area contributed by atoms with Crippen LogP contribution in [0.25, 0.3) is 38.9 Å². The molecule has 1 atom stereocenters. The molecule has 3 aromatic heterocycles. The number of imide groups is 1. The van der Waals surface area contributed by atoms with Crippen LogP contribution < -0.4 is 10.6 Å². The van der Waals surface area contributed by atoms with Crippen molar-refractivity contribution in [3.05, 3.63) is 107 Å². The number of nitrogens with one attached hydrogen (secondary N) is 2. The number of hydrogen-bond acceptors (Lipinski definition) is 9. The van der Waals surface area contributed by atoms with E-state index in [4.69, 9.17) is 14.7 Å². The highest BCUT2D eigenvalue weighted by molar-refractivity contribution is 6.06. The van der Waals surface area contributed by atoms with E-state index in [1.54, 1.807) is 23.2 Å². The van der Waals surface area contributed by atoms with E-state index in [-0.39, 0.29) is 42.9 Å². The SMILES string of the molecule is C/C(=C\CNC(=O)c1ccc(-c2cc3cccc(-c4nc(C5CCOCC5)n5c4CN(C=O)CC5)c3cn2)cn1)c1cccc2c1CN(C1CCC(=O)NC1=O)C2=O.CC. The van der Waals surface area contributed by atoms with Crippen molar-refractivity contribution in [2.45, 2.75) is 78.0 Å². The highest BCUT2D eigenvalue weighted by Crippen LogP contribution is 2.38. The Labute approximate surface area is 348 Å². The van der Waals surface area contributed by atoms with Crippen molar-refractivity contribution in [3.63, 3.8) is 0 Å². The van der Waals surface area contributed by atoms with Crippen molar-refractivity contribution in [3.8, 4) is 22.5 Å². The van der Waals surface area contributed by atoms with Gasteiger partial charge in [0.15, 0.2) is 0 Å². The Morgan fingerprint density at radius 2 is 1.75 bits per heavy atom. The molecule has 5 amide bonds. The number of imidazole rings is 1. The first-order valence-electron chi connectivity index (χ1n) is 20.7. The molecule has 4 aliphatic rings. The van der Waals surface area contributed by atoms with Gasteiger partial charge >= 0.3 is 0 Å². The van der Waals surface area contributed by atoms with Gasteiger partial charge in [0, 0.05) is 86.2 Å². The van der Waals surface area contributed by atoms with Gasteiger partial charge in [-0.15, -0.1) is 0 Å². The predicted molar refractivity (Wildman–Crippen MR) is 225 cm³/mol. The van der Waals surface area contributed by atoms with Gasteiger partial charge in [0.1, 0.15) is 17.6 Å².